The Kier molecular flexibility index (Phi) is 3.84. The van der Waals surface area contributed by atoms with Crippen molar-refractivity contribution in [3.8, 4) is 23.0 Å². The van der Waals surface area contributed by atoms with Crippen molar-refractivity contribution in [3.63, 3.8) is 0 Å². The number of aliphatic hydroxyl groups is 1. The number of hydrogen-bond donors (Lipinski definition) is 1. The van der Waals surface area contributed by atoms with Crippen molar-refractivity contribution in [1.82, 2.24) is 4.98 Å². The van der Waals surface area contributed by atoms with E-state index in [-0.39, 0.29) is 6.61 Å². The molecule has 0 amide bonds. The highest BCUT2D eigenvalue weighted by atomic mass is 16.5. The molecule has 0 bridgehead atoms. The molecule has 0 radical (unpaired) electrons. The normalized spacial score (nSPS) is 10.4. The van der Waals surface area contributed by atoms with Crippen LogP contribution < -0.4 is 9.47 Å². The number of hydrogen-bond acceptors (Lipinski definition) is 5. The molecule has 0 aliphatic carbocycles. The number of ether oxygens (including phenoxy) is 2. The highest BCUT2D eigenvalue weighted by Crippen LogP contribution is 2.31. The van der Waals surface area contributed by atoms with Gasteiger partial charge in [0.05, 0.1) is 19.9 Å². The van der Waals surface area contributed by atoms with E-state index in [1.165, 1.54) is 0 Å². The predicted octanol–water partition coefficient (Wildman–Crippen LogP) is 1.89. The summed E-state index contributed by atoms with van der Waals surface area (Å²) >= 11 is 0. The molecule has 0 spiro atoms. The molecule has 0 saturated heterocycles. The quantitative estimate of drug-likeness (QED) is 0.876. The lowest BCUT2D eigenvalue weighted by Crippen LogP contribution is -1.92. The Labute approximate surface area is 105 Å². The van der Waals surface area contributed by atoms with Gasteiger partial charge in [0.25, 0.3) is 0 Å². The Hall–Kier alpha value is -2.01. The topological polar surface area (TPSA) is 64.7 Å². The lowest BCUT2D eigenvalue weighted by Gasteiger charge is -2.07. The molecular weight excluding hydrogens is 234 g/mol. The number of methoxy groups -OCH3 is 2. The minimum atomic E-state index is 0.0535. The minimum Gasteiger partial charge on any atom is -0.493 e. The minimum absolute atomic E-state index is 0.0535. The summed E-state index contributed by atoms with van der Waals surface area (Å²) in [5.41, 5.74) is 1.53. The average Bonchev–Trinajstić information content (AvgIpc) is 2.87. The highest BCUT2D eigenvalue weighted by Gasteiger charge is 2.10. The maximum absolute atomic E-state index is 8.83. The zero-order chi connectivity index (χ0) is 13.0. The molecule has 0 unspecified atom stereocenters. The summed E-state index contributed by atoms with van der Waals surface area (Å²) in [5.74, 6) is 1.78. The largest absolute Gasteiger partial charge is 0.493 e. The first-order chi connectivity index (χ1) is 8.78. The Morgan fingerprint density at radius 3 is 2.67 bits per heavy atom. The van der Waals surface area contributed by atoms with Crippen molar-refractivity contribution in [2.45, 2.75) is 6.42 Å². The van der Waals surface area contributed by atoms with Crippen LogP contribution in [0.3, 0.4) is 0 Å². The molecule has 0 atom stereocenters. The van der Waals surface area contributed by atoms with Gasteiger partial charge in [-0.3, -0.25) is 0 Å². The summed E-state index contributed by atoms with van der Waals surface area (Å²) in [4.78, 5) is 4.28. The van der Waals surface area contributed by atoms with Crippen molar-refractivity contribution in [3.05, 3.63) is 30.2 Å². The van der Waals surface area contributed by atoms with Gasteiger partial charge in [0.2, 0.25) is 5.89 Å². The molecular formula is C13H15NO4. The van der Waals surface area contributed by atoms with E-state index >= 15 is 0 Å². The number of aliphatic hydroxyl groups excluding tert-OH is 1. The van der Waals surface area contributed by atoms with E-state index in [2.05, 4.69) is 4.98 Å². The van der Waals surface area contributed by atoms with E-state index in [0.717, 1.165) is 11.3 Å². The van der Waals surface area contributed by atoms with E-state index in [9.17, 15) is 0 Å². The number of benzene rings is 1. The van der Waals surface area contributed by atoms with Gasteiger partial charge in [-0.2, -0.15) is 0 Å². The SMILES string of the molecule is COc1ccc(-c2nc(CCO)co2)cc1OC. The third-order valence-corrected chi connectivity index (χ3v) is 2.55. The second-order valence-corrected chi connectivity index (χ2v) is 3.69. The molecule has 5 nitrogen and oxygen atoms in total. The van der Waals surface area contributed by atoms with Crippen LogP contribution in [0.1, 0.15) is 5.69 Å². The van der Waals surface area contributed by atoms with Crippen LogP contribution >= 0.6 is 0 Å². The summed E-state index contributed by atoms with van der Waals surface area (Å²) in [6, 6.07) is 5.44. The van der Waals surface area contributed by atoms with Gasteiger partial charge in [-0.25, -0.2) is 4.98 Å². The van der Waals surface area contributed by atoms with Crippen LogP contribution in [0.25, 0.3) is 11.5 Å². The number of rotatable bonds is 5. The molecule has 0 aliphatic heterocycles. The summed E-state index contributed by atoms with van der Waals surface area (Å²) < 4.78 is 15.7. The fourth-order valence-corrected chi connectivity index (χ4v) is 1.64. The van der Waals surface area contributed by atoms with E-state index < -0.39 is 0 Å². The van der Waals surface area contributed by atoms with Crippen LogP contribution in [0.5, 0.6) is 11.5 Å². The first kappa shape index (κ1) is 12.4. The van der Waals surface area contributed by atoms with Crippen molar-refractivity contribution in [2.75, 3.05) is 20.8 Å². The third-order valence-electron chi connectivity index (χ3n) is 2.55. The second kappa shape index (κ2) is 5.55. The highest BCUT2D eigenvalue weighted by molar-refractivity contribution is 5.60. The van der Waals surface area contributed by atoms with Crippen molar-refractivity contribution < 1.29 is 19.0 Å². The zero-order valence-electron chi connectivity index (χ0n) is 10.3. The van der Waals surface area contributed by atoms with E-state index in [4.69, 9.17) is 19.0 Å². The first-order valence-electron chi connectivity index (χ1n) is 5.56. The van der Waals surface area contributed by atoms with Crippen LogP contribution in [-0.4, -0.2) is 30.9 Å². The fourth-order valence-electron chi connectivity index (χ4n) is 1.64. The molecule has 0 saturated carbocycles. The summed E-state index contributed by atoms with van der Waals surface area (Å²) in [6.45, 7) is 0.0535. The van der Waals surface area contributed by atoms with Crippen LogP contribution in [0.2, 0.25) is 0 Å². The van der Waals surface area contributed by atoms with Crippen molar-refractivity contribution >= 4 is 0 Å². The summed E-state index contributed by atoms with van der Waals surface area (Å²) in [7, 11) is 3.16. The Balaban J connectivity index is 2.31. The first-order valence-corrected chi connectivity index (χ1v) is 5.56. The van der Waals surface area contributed by atoms with Gasteiger partial charge in [-0.15, -0.1) is 0 Å². The van der Waals surface area contributed by atoms with Crippen LogP contribution in [0.4, 0.5) is 0 Å². The lowest BCUT2D eigenvalue weighted by molar-refractivity contribution is 0.298. The van der Waals surface area contributed by atoms with Gasteiger partial charge in [0.1, 0.15) is 6.26 Å². The van der Waals surface area contributed by atoms with E-state index in [1.54, 1.807) is 32.6 Å². The molecule has 0 aliphatic rings. The molecule has 1 aromatic carbocycles. The Bertz CT molecular complexity index is 521. The van der Waals surface area contributed by atoms with Crippen LogP contribution in [0, 0.1) is 0 Å². The monoisotopic (exact) mass is 249 g/mol. The van der Waals surface area contributed by atoms with Gasteiger partial charge < -0.3 is 19.0 Å². The van der Waals surface area contributed by atoms with E-state index in [0.29, 0.717) is 23.8 Å². The van der Waals surface area contributed by atoms with E-state index in [1.807, 2.05) is 6.07 Å². The molecule has 5 heteroatoms. The molecule has 2 aromatic rings. The smallest absolute Gasteiger partial charge is 0.226 e. The molecule has 1 aromatic heterocycles. The third kappa shape index (κ3) is 2.46. The van der Waals surface area contributed by atoms with Crippen LogP contribution in [0.15, 0.2) is 28.9 Å². The number of aromatic nitrogens is 1. The fraction of sp³-hybridized carbons (Fsp3) is 0.308. The standard InChI is InChI=1S/C13H15NO4/c1-16-11-4-3-9(7-12(11)17-2)13-14-10(5-6-15)8-18-13/h3-4,7-8,15H,5-6H2,1-2H3. The summed E-state index contributed by atoms with van der Waals surface area (Å²) in [5, 5.41) is 8.83. The van der Waals surface area contributed by atoms with Gasteiger partial charge in [0, 0.05) is 18.6 Å². The second-order valence-electron chi connectivity index (χ2n) is 3.69. The zero-order valence-corrected chi connectivity index (χ0v) is 10.3. The Morgan fingerprint density at radius 1 is 1.22 bits per heavy atom. The maximum atomic E-state index is 8.83. The molecule has 18 heavy (non-hydrogen) atoms. The van der Waals surface area contributed by atoms with Crippen molar-refractivity contribution in [1.29, 1.82) is 0 Å². The Morgan fingerprint density at radius 2 is 2.00 bits per heavy atom. The maximum Gasteiger partial charge on any atom is 0.226 e. The summed E-state index contributed by atoms with van der Waals surface area (Å²) in [6.07, 6.45) is 2.03. The van der Waals surface area contributed by atoms with Gasteiger partial charge >= 0.3 is 0 Å². The van der Waals surface area contributed by atoms with Gasteiger partial charge in [-0.05, 0) is 18.2 Å². The van der Waals surface area contributed by atoms with Gasteiger partial charge in [0.15, 0.2) is 11.5 Å². The molecule has 2 rings (SSSR count). The molecule has 1 heterocycles. The predicted molar refractivity (Wildman–Crippen MR) is 65.8 cm³/mol. The molecule has 0 fully saturated rings. The lowest BCUT2D eigenvalue weighted by atomic mass is 10.2. The van der Waals surface area contributed by atoms with Gasteiger partial charge in [-0.1, -0.05) is 0 Å². The number of nitrogens with zero attached hydrogens (tertiary/aromatic N) is 1. The molecule has 96 valence electrons. The van der Waals surface area contributed by atoms with Crippen LogP contribution in [-0.2, 0) is 6.42 Å². The number of oxazole rings is 1. The average molecular weight is 249 g/mol. The van der Waals surface area contributed by atoms with Crippen molar-refractivity contribution in [2.24, 2.45) is 0 Å². The molecule has 1 N–H and O–H groups in total.